The summed E-state index contributed by atoms with van der Waals surface area (Å²) in [5.41, 5.74) is 3.45. The number of hydrogen-bond acceptors (Lipinski definition) is 5. The van der Waals surface area contributed by atoms with Crippen molar-refractivity contribution in [1.82, 2.24) is 14.8 Å². The molecule has 0 saturated carbocycles. The zero-order valence-corrected chi connectivity index (χ0v) is 19.0. The largest absolute Gasteiger partial charge is 0.460 e. The van der Waals surface area contributed by atoms with Crippen molar-refractivity contribution in [2.75, 3.05) is 25.1 Å². The van der Waals surface area contributed by atoms with Crippen molar-refractivity contribution in [1.29, 1.82) is 0 Å². The van der Waals surface area contributed by atoms with Crippen molar-refractivity contribution in [2.45, 2.75) is 13.8 Å². The summed E-state index contributed by atoms with van der Waals surface area (Å²) in [5, 5.41) is 7.33. The number of hydrogen-bond donors (Lipinski definition) is 1. The maximum atomic E-state index is 13.5. The van der Waals surface area contributed by atoms with Crippen LogP contribution in [0.2, 0.25) is 0 Å². The number of rotatable bonds is 9. The Morgan fingerprint density at radius 1 is 1.03 bits per heavy atom. The third-order valence-corrected chi connectivity index (χ3v) is 5.00. The molecule has 8 heteroatoms. The van der Waals surface area contributed by atoms with Crippen LogP contribution in [0.1, 0.15) is 22.8 Å². The van der Waals surface area contributed by atoms with Crippen molar-refractivity contribution in [3.8, 4) is 23.1 Å². The first-order valence-electron chi connectivity index (χ1n) is 11.0. The molecule has 0 radical (unpaired) electrons. The summed E-state index contributed by atoms with van der Waals surface area (Å²) in [7, 11) is 0. The predicted molar refractivity (Wildman–Crippen MR) is 128 cm³/mol. The molecule has 1 heterocycles. The normalized spacial score (nSPS) is 10.8. The number of nitrogens with one attached hydrogen (secondary N) is 1. The van der Waals surface area contributed by atoms with Gasteiger partial charge in [-0.05, 0) is 50.2 Å². The number of aromatic nitrogens is 3. The number of ether oxygens (including phenoxy) is 2. The Bertz CT molecular complexity index is 1270. The predicted octanol–water partition coefficient (Wildman–Crippen LogP) is 5.05. The Hall–Kier alpha value is -4.04. The number of anilines is 1. The lowest BCUT2D eigenvalue weighted by atomic mass is 10.1. The van der Waals surface area contributed by atoms with E-state index in [0.717, 1.165) is 11.1 Å². The monoisotopic (exact) mass is 460 g/mol. The molecule has 0 saturated heterocycles. The van der Waals surface area contributed by atoms with E-state index >= 15 is 0 Å². The summed E-state index contributed by atoms with van der Waals surface area (Å²) in [6.45, 7) is 5.31. The van der Waals surface area contributed by atoms with Gasteiger partial charge in [0.25, 0.3) is 5.91 Å². The average molecular weight is 461 g/mol. The van der Waals surface area contributed by atoms with Crippen LogP contribution in [0.15, 0.2) is 72.8 Å². The highest BCUT2D eigenvalue weighted by atomic mass is 19.1. The van der Waals surface area contributed by atoms with Crippen molar-refractivity contribution in [3.63, 3.8) is 0 Å². The van der Waals surface area contributed by atoms with Gasteiger partial charge >= 0.3 is 6.01 Å². The lowest BCUT2D eigenvalue weighted by Crippen LogP contribution is -2.12. The highest BCUT2D eigenvalue weighted by Gasteiger charge is 2.16. The van der Waals surface area contributed by atoms with Crippen molar-refractivity contribution < 1.29 is 18.7 Å². The molecule has 4 rings (SSSR count). The molecule has 0 bridgehead atoms. The standard InChI is InChI=1S/C26H25FN4O3/c1-3-33-14-15-34-26-29-24(19-12-10-18(2)11-13-19)31(30-26)23-9-5-8-22(17-23)28-25(32)20-6-4-7-21(27)16-20/h4-13,16-17H,3,14-15H2,1-2H3,(H,28,32). The smallest absolute Gasteiger partial charge is 0.336 e. The van der Waals surface area contributed by atoms with Crippen LogP contribution in [0.5, 0.6) is 6.01 Å². The summed E-state index contributed by atoms with van der Waals surface area (Å²) in [6, 6.07) is 20.9. The summed E-state index contributed by atoms with van der Waals surface area (Å²) in [5.74, 6) is -0.280. The van der Waals surface area contributed by atoms with E-state index in [-0.39, 0.29) is 11.6 Å². The zero-order valence-electron chi connectivity index (χ0n) is 19.0. The molecule has 34 heavy (non-hydrogen) atoms. The highest BCUT2D eigenvalue weighted by molar-refractivity contribution is 6.04. The molecule has 0 aliphatic rings. The van der Waals surface area contributed by atoms with Crippen molar-refractivity contribution in [3.05, 3.63) is 89.7 Å². The number of halogens is 1. The van der Waals surface area contributed by atoms with Crippen LogP contribution in [-0.4, -0.2) is 40.5 Å². The molecule has 1 amide bonds. The molecular weight excluding hydrogens is 435 g/mol. The summed E-state index contributed by atoms with van der Waals surface area (Å²) in [6.07, 6.45) is 0. The minimum atomic E-state index is -0.469. The van der Waals surface area contributed by atoms with Gasteiger partial charge in [0.2, 0.25) is 0 Å². The highest BCUT2D eigenvalue weighted by Crippen LogP contribution is 2.25. The Morgan fingerprint density at radius 3 is 2.59 bits per heavy atom. The van der Waals surface area contributed by atoms with E-state index in [1.807, 2.05) is 44.2 Å². The fraction of sp³-hybridized carbons (Fsp3) is 0.192. The topological polar surface area (TPSA) is 78.3 Å². The van der Waals surface area contributed by atoms with Crippen LogP contribution in [0, 0.1) is 12.7 Å². The van der Waals surface area contributed by atoms with Crippen LogP contribution in [-0.2, 0) is 4.74 Å². The van der Waals surface area contributed by atoms with Crippen LogP contribution < -0.4 is 10.1 Å². The van der Waals surface area contributed by atoms with Gasteiger partial charge in [0.05, 0.1) is 12.3 Å². The Kier molecular flexibility index (Phi) is 7.29. The lowest BCUT2D eigenvalue weighted by molar-refractivity contribution is 0.102. The van der Waals surface area contributed by atoms with Crippen LogP contribution in [0.25, 0.3) is 17.1 Å². The van der Waals surface area contributed by atoms with Crippen LogP contribution in [0.4, 0.5) is 10.1 Å². The van der Waals surface area contributed by atoms with Crippen molar-refractivity contribution >= 4 is 11.6 Å². The number of benzene rings is 3. The minimum absolute atomic E-state index is 0.226. The van der Waals surface area contributed by atoms with Gasteiger partial charge in [0.15, 0.2) is 5.82 Å². The second-order valence-corrected chi connectivity index (χ2v) is 7.56. The minimum Gasteiger partial charge on any atom is -0.460 e. The van der Waals surface area contributed by atoms with Gasteiger partial charge < -0.3 is 14.8 Å². The van der Waals surface area contributed by atoms with E-state index in [1.165, 1.54) is 18.2 Å². The van der Waals surface area contributed by atoms with E-state index in [4.69, 9.17) is 9.47 Å². The lowest BCUT2D eigenvalue weighted by Gasteiger charge is -2.10. The molecule has 1 N–H and O–H groups in total. The van der Waals surface area contributed by atoms with E-state index < -0.39 is 11.7 Å². The molecule has 0 fully saturated rings. The van der Waals surface area contributed by atoms with E-state index in [0.29, 0.717) is 37.0 Å². The first-order valence-corrected chi connectivity index (χ1v) is 11.0. The zero-order chi connectivity index (χ0) is 23.9. The van der Waals surface area contributed by atoms with E-state index in [1.54, 1.807) is 28.9 Å². The van der Waals surface area contributed by atoms with Gasteiger partial charge in [0.1, 0.15) is 12.4 Å². The molecule has 0 spiro atoms. The third-order valence-electron chi connectivity index (χ3n) is 5.00. The molecule has 4 aromatic rings. The first-order chi connectivity index (χ1) is 16.5. The van der Waals surface area contributed by atoms with Gasteiger partial charge in [-0.1, -0.05) is 42.0 Å². The number of nitrogens with zero attached hydrogens (tertiary/aromatic N) is 3. The molecule has 3 aromatic carbocycles. The van der Waals surface area contributed by atoms with Crippen molar-refractivity contribution in [2.24, 2.45) is 0 Å². The quantitative estimate of drug-likeness (QED) is 0.354. The Balaban J connectivity index is 1.63. The molecule has 7 nitrogen and oxygen atoms in total. The average Bonchev–Trinajstić information content (AvgIpc) is 3.27. The number of amides is 1. The van der Waals surface area contributed by atoms with Gasteiger partial charge in [-0.25, -0.2) is 9.07 Å². The maximum Gasteiger partial charge on any atom is 0.336 e. The molecule has 0 aliphatic carbocycles. The molecule has 0 atom stereocenters. The summed E-state index contributed by atoms with van der Waals surface area (Å²) in [4.78, 5) is 17.1. The van der Waals surface area contributed by atoms with Gasteiger partial charge in [0, 0.05) is 23.4 Å². The Morgan fingerprint density at radius 2 is 1.82 bits per heavy atom. The Labute approximate surface area is 197 Å². The van der Waals surface area contributed by atoms with Gasteiger partial charge in [-0.2, -0.15) is 4.98 Å². The van der Waals surface area contributed by atoms with Gasteiger partial charge in [-0.3, -0.25) is 4.79 Å². The van der Waals surface area contributed by atoms with Crippen LogP contribution in [0.3, 0.4) is 0 Å². The molecule has 0 aliphatic heterocycles. The molecular formula is C26H25FN4O3. The number of carbonyl (C=O) groups is 1. The fourth-order valence-electron chi connectivity index (χ4n) is 3.31. The van der Waals surface area contributed by atoms with Crippen LogP contribution >= 0.6 is 0 Å². The van der Waals surface area contributed by atoms with E-state index in [2.05, 4.69) is 15.4 Å². The first kappa shape index (κ1) is 23.1. The SMILES string of the molecule is CCOCCOc1nc(-c2ccc(C)cc2)n(-c2cccc(NC(=O)c3cccc(F)c3)c2)n1. The maximum absolute atomic E-state index is 13.5. The van der Waals surface area contributed by atoms with Gasteiger partial charge in [-0.15, -0.1) is 5.10 Å². The second kappa shape index (κ2) is 10.7. The second-order valence-electron chi connectivity index (χ2n) is 7.56. The number of carbonyl (C=O) groups excluding carboxylic acids is 1. The molecule has 174 valence electrons. The molecule has 0 unspecified atom stereocenters. The number of aryl methyl sites for hydroxylation is 1. The van der Waals surface area contributed by atoms with E-state index in [9.17, 15) is 9.18 Å². The molecule has 1 aromatic heterocycles. The fourth-order valence-corrected chi connectivity index (χ4v) is 3.31. The third kappa shape index (κ3) is 5.65. The summed E-state index contributed by atoms with van der Waals surface area (Å²) >= 11 is 0. The summed E-state index contributed by atoms with van der Waals surface area (Å²) < 4.78 is 26.2.